The highest BCUT2D eigenvalue weighted by atomic mass is 19.4. The average Bonchev–Trinajstić information content (AvgIpc) is 2.69. The predicted octanol–water partition coefficient (Wildman–Crippen LogP) is 3.77. The molecule has 1 nitrogen and oxygen atoms in total. The van der Waals surface area contributed by atoms with Gasteiger partial charge in [-0.2, -0.15) is 13.2 Å². The van der Waals surface area contributed by atoms with E-state index in [4.69, 9.17) is 4.42 Å². The molecule has 0 fully saturated rings. The highest BCUT2D eigenvalue weighted by Crippen LogP contribution is 2.32. The number of benzene rings is 1. The van der Waals surface area contributed by atoms with Crippen molar-refractivity contribution in [3.8, 4) is 11.3 Å². The van der Waals surface area contributed by atoms with Crippen molar-refractivity contribution < 1.29 is 17.6 Å². The number of rotatable bonds is 1. The monoisotopic (exact) mass is 211 g/mol. The predicted molar refractivity (Wildman–Crippen MR) is 48.0 cm³/mol. The summed E-state index contributed by atoms with van der Waals surface area (Å²) in [6.07, 6.45) is -1.90. The lowest BCUT2D eigenvalue weighted by atomic mass is 10.1. The summed E-state index contributed by atoms with van der Waals surface area (Å²) in [5.41, 5.74) is -0.289. The Labute approximate surface area is 84.1 Å². The Kier molecular flexibility index (Phi) is 2.26. The van der Waals surface area contributed by atoms with Gasteiger partial charge in [-0.3, -0.25) is 0 Å². The van der Waals surface area contributed by atoms with Crippen molar-refractivity contribution in [2.45, 2.75) is 6.18 Å². The third kappa shape index (κ3) is 2.03. The Morgan fingerprint density at radius 3 is 2.53 bits per heavy atom. The van der Waals surface area contributed by atoms with Crippen LogP contribution in [0.4, 0.5) is 13.2 Å². The minimum absolute atomic E-state index is 0.376. The zero-order chi connectivity index (χ0) is 10.9. The summed E-state index contributed by atoms with van der Waals surface area (Å²) in [6.45, 7) is 0. The second-order valence-corrected chi connectivity index (χ2v) is 3.00. The normalized spacial score (nSPS) is 11.7. The highest BCUT2D eigenvalue weighted by Gasteiger charge is 2.30. The van der Waals surface area contributed by atoms with Crippen LogP contribution in [0.2, 0.25) is 0 Å². The standard InChI is InChI=1S/C11H6F3O/c12-11(13,14)9-4-1-3-8(7-9)10-5-2-6-15-10/h1-5,7H. The van der Waals surface area contributed by atoms with Gasteiger partial charge >= 0.3 is 6.18 Å². The van der Waals surface area contributed by atoms with Crippen LogP contribution in [0.1, 0.15) is 5.56 Å². The summed E-state index contributed by atoms with van der Waals surface area (Å²) in [7, 11) is 0. The summed E-state index contributed by atoms with van der Waals surface area (Å²) < 4.78 is 42.0. The lowest BCUT2D eigenvalue weighted by molar-refractivity contribution is -0.137. The molecule has 0 aliphatic carbocycles. The van der Waals surface area contributed by atoms with Gasteiger partial charge in [-0.15, -0.1) is 0 Å². The van der Waals surface area contributed by atoms with E-state index < -0.39 is 11.7 Å². The van der Waals surface area contributed by atoms with Crippen LogP contribution >= 0.6 is 0 Å². The summed E-state index contributed by atoms with van der Waals surface area (Å²) in [5, 5.41) is 0. The molecule has 0 aliphatic rings. The van der Waals surface area contributed by atoms with E-state index in [0.29, 0.717) is 11.3 Å². The molecule has 2 rings (SSSR count). The fourth-order valence-corrected chi connectivity index (χ4v) is 1.25. The molecule has 0 amide bonds. The number of halogens is 3. The molecule has 1 aromatic heterocycles. The molecule has 0 unspecified atom stereocenters. The molecule has 0 saturated heterocycles. The zero-order valence-electron chi connectivity index (χ0n) is 7.51. The van der Waals surface area contributed by atoms with Crippen molar-refractivity contribution in [2.75, 3.05) is 0 Å². The van der Waals surface area contributed by atoms with Crippen molar-refractivity contribution in [3.63, 3.8) is 0 Å². The van der Waals surface area contributed by atoms with Gasteiger partial charge < -0.3 is 4.42 Å². The van der Waals surface area contributed by atoms with Gasteiger partial charge in [0.15, 0.2) is 6.26 Å². The SMILES string of the molecule is FC(F)(F)c1cccc(-c2cc[c]o2)c1. The molecule has 1 heterocycles. The third-order valence-electron chi connectivity index (χ3n) is 1.95. The van der Waals surface area contributed by atoms with Gasteiger partial charge in [0, 0.05) is 5.56 Å². The second kappa shape index (κ2) is 3.46. The molecule has 0 saturated carbocycles. The fourth-order valence-electron chi connectivity index (χ4n) is 1.25. The number of hydrogen-bond donors (Lipinski definition) is 0. The van der Waals surface area contributed by atoms with Crippen molar-refractivity contribution in [1.82, 2.24) is 0 Å². The maximum absolute atomic E-state index is 12.4. The van der Waals surface area contributed by atoms with Crippen molar-refractivity contribution in [2.24, 2.45) is 0 Å². The van der Waals surface area contributed by atoms with E-state index in [0.717, 1.165) is 12.1 Å². The van der Waals surface area contributed by atoms with E-state index in [2.05, 4.69) is 6.26 Å². The lowest BCUT2D eigenvalue weighted by Gasteiger charge is -2.07. The van der Waals surface area contributed by atoms with Gasteiger partial charge in [-0.25, -0.2) is 0 Å². The van der Waals surface area contributed by atoms with Crippen LogP contribution in [0.3, 0.4) is 0 Å². The van der Waals surface area contributed by atoms with Gasteiger partial charge in [-0.1, -0.05) is 12.1 Å². The summed E-state index contributed by atoms with van der Waals surface area (Å²) >= 11 is 0. The molecule has 0 aliphatic heterocycles. The van der Waals surface area contributed by atoms with Crippen LogP contribution in [-0.4, -0.2) is 0 Å². The maximum atomic E-state index is 12.4. The molecular weight excluding hydrogens is 205 g/mol. The van der Waals surface area contributed by atoms with Gasteiger partial charge in [0.05, 0.1) is 5.56 Å². The molecule has 1 radical (unpaired) electrons. The zero-order valence-corrected chi connectivity index (χ0v) is 7.51. The van der Waals surface area contributed by atoms with Crippen molar-refractivity contribution in [3.05, 3.63) is 48.2 Å². The minimum Gasteiger partial charge on any atom is -0.453 e. The van der Waals surface area contributed by atoms with Crippen LogP contribution in [0, 0.1) is 6.26 Å². The van der Waals surface area contributed by atoms with Gasteiger partial charge in [0.2, 0.25) is 0 Å². The molecule has 2 aromatic rings. The van der Waals surface area contributed by atoms with E-state index >= 15 is 0 Å². The van der Waals surface area contributed by atoms with Gasteiger partial charge in [0.25, 0.3) is 0 Å². The first-order valence-corrected chi connectivity index (χ1v) is 4.21. The van der Waals surface area contributed by atoms with Crippen LogP contribution in [0.25, 0.3) is 11.3 Å². The summed E-state index contributed by atoms with van der Waals surface area (Å²) in [5.74, 6) is 0.376. The van der Waals surface area contributed by atoms with E-state index in [1.165, 1.54) is 12.1 Å². The van der Waals surface area contributed by atoms with Crippen LogP contribution in [0.15, 0.2) is 40.8 Å². The molecule has 0 spiro atoms. The maximum Gasteiger partial charge on any atom is 0.416 e. The average molecular weight is 211 g/mol. The Hall–Kier alpha value is -1.71. The molecule has 1 aromatic carbocycles. The molecule has 0 atom stereocenters. The second-order valence-electron chi connectivity index (χ2n) is 3.00. The van der Waals surface area contributed by atoms with Crippen molar-refractivity contribution in [1.29, 1.82) is 0 Å². The van der Waals surface area contributed by atoms with Crippen LogP contribution in [0.5, 0.6) is 0 Å². The highest BCUT2D eigenvalue weighted by molar-refractivity contribution is 5.58. The van der Waals surface area contributed by atoms with Crippen molar-refractivity contribution >= 4 is 0 Å². The molecular formula is C11H6F3O. The Balaban J connectivity index is 2.44. The first-order chi connectivity index (χ1) is 7.07. The molecule has 77 valence electrons. The number of furan rings is 1. The van der Waals surface area contributed by atoms with Gasteiger partial charge in [0.1, 0.15) is 5.76 Å². The third-order valence-corrected chi connectivity index (χ3v) is 1.95. The molecule has 0 N–H and O–H groups in total. The van der Waals surface area contributed by atoms with Crippen LogP contribution < -0.4 is 0 Å². The van der Waals surface area contributed by atoms with Crippen LogP contribution in [-0.2, 0) is 6.18 Å². The van der Waals surface area contributed by atoms with E-state index in [9.17, 15) is 13.2 Å². The first kappa shape index (κ1) is 9.83. The summed E-state index contributed by atoms with van der Waals surface area (Å²) in [6, 6.07) is 8.05. The lowest BCUT2D eigenvalue weighted by Crippen LogP contribution is -2.04. The van der Waals surface area contributed by atoms with E-state index in [-0.39, 0.29) is 0 Å². The largest absolute Gasteiger partial charge is 0.453 e. The van der Waals surface area contributed by atoms with E-state index in [1.54, 1.807) is 12.1 Å². The summed E-state index contributed by atoms with van der Waals surface area (Å²) in [4.78, 5) is 0. The van der Waals surface area contributed by atoms with E-state index in [1.807, 2.05) is 0 Å². The smallest absolute Gasteiger partial charge is 0.416 e. The Bertz CT molecular complexity index is 443. The van der Waals surface area contributed by atoms with Gasteiger partial charge in [-0.05, 0) is 24.3 Å². The number of alkyl halides is 3. The fraction of sp³-hybridized carbons (Fsp3) is 0.0909. The topological polar surface area (TPSA) is 13.1 Å². The molecule has 0 bridgehead atoms. The number of hydrogen-bond acceptors (Lipinski definition) is 1. The molecule has 4 heteroatoms. The molecule has 15 heavy (non-hydrogen) atoms. The Morgan fingerprint density at radius 1 is 1.13 bits per heavy atom. The first-order valence-electron chi connectivity index (χ1n) is 4.21. The quantitative estimate of drug-likeness (QED) is 0.699. The minimum atomic E-state index is -4.33. The Morgan fingerprint density at radius 2 is 1.93 bits per heavy atom.